The molecule has 1 atom stereocenters. The van der Waals surface area contributed by atoms with E-state index in [1.807, 2.05) is 16.8 Å². The second kappa shape index (κ2) is 10.4. The van der Waals surface area contributed by atoms with Crippen molar-refractivity contribution < 1.29 is 18.7 Å². The molecule has 170 valence electrons. The summed E-state index contributed by atoms with van der Waals surface area (Å²) in [4.78, 5) is 25.3. The van der Waals surface area contributed by atoms with Crippen LogP contribution >= 0.6 is 22.7 Å². The molecular weight excluding hydrogens is 462 g/mol. The van der Waals surface area contributed by atoms with Crippen LogP contribution in [0.1, 0.15) is 39.8 Å². The molecule has 2 amide bonds. The van der Waals surface area contributed by atoms with Crippen molar-refractivity contribution in [3.8, 4) is 6.07 Å². The second-order valence-corrected chi connectivity index (χ2v) is 9.36. The van der Waals surface area contributed by atoms with E-state index in [4.69, 9.17) is 9.15 Å². The standard InChI is InChI=1S/C22H21N5O4S2/c1-13-26-27-20(31-13)10-24-22(29)30-11-15-2-4-16-17(9-23)21(33-18(16)8-15)25-19(28)5-3-14-6-7-32-12-14/h3,5-7,12,15H,2,4,8,10-11H2,1H3,(H,24,29)(H,25,28). The number of hydrogen-bond acceptors (Lipinski definition) is 9. The lowest BCUT2D eigenvalue weighted by Crippen LogP contribution is -2.27. The Kier molecular flexibility index (Phi) is 7.16. The van der Waals surface area contributed by atoms with Gasteiger partial charge in [0.15, 0.2) is 0 Å². The zero-order valence-corrected chi connectivity index (χ0v) is 19.4. The Morgan fingerprint density at radius 3 is 3.03 bits per heavy atom. The Labute approximate surface area is 198 Å². The monoisotopic (exact) mass is 483 g/mol. The number of carbonyl (C=O) groups is 2. The molecular formula is C22H21N5O4S2. The molecule has 1 unspecified atom stereocenters. The van der Waals surface area contributed by atoms with Gasteiger partial charge in [-0.1, -0.05) is 0 Å². The molecule has 11 heteroatoms. The van der Waals surface area contributed by atoms with E-state index < -0.39 is 6.09 Å². The lowest BCUT2D eigenvalue weighted by Gasteiger charge is -2.21. The van der Waals surface area contributed by atoms with Gasteiger partial charge in [-0.2, -0.15) is 16.6 Å². The van der Waals surface area contributed by atoms with Crippen molar-refractivity contribution in [3.05, 3.63) is 56.3 Å². The van der Waals surface area contributed by atoms with Gasteiger partial charge in [-0.25, -0.2) is 4.79 Å². The van der Waals surface area contributed by atoms with E-state index in [1.165, 1.54) is 17.4 Å². The minimum Gasteiger partial charge on any atom is -0.449 e. The highest BCUT2D eigenvalue weighted by Crippen LogP contribution is 2.39. The number of rotatable bonds is 7. The molecule has 3 aromatic rings. The minimum absolute atomic E-state index is 0.106. The molecule has 0 radical (unpaired) electrons. The maximum atomic E-state index is 12.3. The van der Waals surface area contributed by atoms with Crippen molar-refractivity contribution in [2.45, 2.75) is 32.7 Å². The van der Waals surface area contributed by atoms with Gasteiger partial charge in [0.05, 0.1) is 18.7 Å². The van der Waals surface area contributed by atoms with E-state index in [1.54, 1.807) is 24.3 Å². The highest BCUT2D eigenvalue weighted by atomic mass is 32.1. The van der Waals surface area contributed by atoms with Crippen molar-refractivity contribution in [2.24, 2.45) is 5.92 Å². The SMILES string of the molecule is Cc1nnc(CNC(=O)OCC2CCc3c(sc(NC(=O)C=Cc4ccsc4)c3C#N)C2)o1. The number of carbonyl (C=O) groups excluding carboxylic acids is 2. The van der Waals surface area contributed by atoms with Crippen molar-refractivity contribution in [2.75, 3.05) is 11.9 Å². The molecule has 2 N–H and O–H groups in total. The summed E-state index contributed by atoms with van der Waals surface area (Å²) in [5, 5.41) is 27.0. The third-order valence-corrected chi connectivity index (χ3v) is 6.96. The van der Waals surface area contributed by atoms with Crippen LogP contribution in [0.3, 0.4) is 0 Å². The molecule has 0 spiro atoms. The number of ether oxygens (including phenoxy) is 1. The number of aromatic nitrogens is 2. The molecule has 0 aromatic carbocycles. The summed E-state index contributed by atoms with van der Waals surface area (Å²) >= 11 is 2.98. The van der Waals surface area contributed by atoms with Crippen LogP contribution in [0.2, 0.25) is 0 Å². The number of amides is 2. The number of aryl methyl sites for hydroxylation is 1. The van der Waals surface area contributed by atoms with Crippen molar-refractivity contribution >= 4 is 45.8 Å². The molecule has 0 aliphatic heterocycles. The van der Waals surface area contributed by atoms with Gasteiger partial charge in [0.25, 0.3) is 0 Å². The van der Waals surface area contributed by atoms with Crippen LogP contribution in [0.4, 0.5) is 9.80 Å². The summed E-state index contributed by atoms with van der Waals surface area (Å²) < 4.78 is 10.5. The van der Waals surface area contributed by atoms with Gasteiger partial charge >= 0.3 is 6.09 Å². The maximum absolute atomic E-state index is 12.3. The average molecular weight is 484 g/mol. The molecule has 9 nitrogen and oxygen atoms in total. The molecule has 0 saturated heterocycles. The Morgan fingerprint density at radius 1 is 1.42 bits per heavy atom. The largest absolute Gasteiger partial charge is 0.449 e. The third kappa shape index (κ3) is 5.85. The minimum atomic E-state index is -0.550. The second-order valence-electron chi connectivity index (χ2n) is 7.47. The van der Waals surface area contributed by atoms with E-state index in [0.717, 1.165) is 22.4 Å². The van der Waals surface area contributed by atoms with E-state index >= 15 is 0 Å². The quantitative estimate of drug-likeness (QED) is 0.485. The van der Waals surface area contributed by atoms with Crippen LogP contribution in [0.5, 0.6) is 0 Å². The number of hydrogen-bond donors (Lipinski definition) is 2. The number of nitrogens with zero attached hydrogens (tertiary/aromatic N) is 3. The van der Waals surface area contributed by atoms with Crippen LogP contribution < -0.4 is 10.6 Å². The molecule has 4 rings (SSSR count). The number of fused-ring (bicyclic) bond motifs is 1. The number of nitrogens with one attached hydrogen (secondary N) is 2. The van der Waals surface area contributed by atoms with Crippen LogP contribution in [-0.4, -0.2) is 28.8 Å². The molecule has 0 fully saturated rings. The highest BCUT2D eigenvalue weighted by Gasteiger charge is 2.27. The van der Waals surface area contributed by atoms with Crippen molar-refractivity contribution in [1.82, 2.24) is 15.5 Å². The van der Waals surface area contributed by atoms with Gasteiger partial charge in [0.2, 0.25) is 17.7 Å². The van der Waals surface area contributed by atoms with Gasteiger partial charge in [-0.05, 0) is 59.2 Å². The molecule has 0 bridgehead atoms. The first-order chi connectivity index (χ1) is 16.0. The van der Waals surface area contributed by atoms with Crippen LogP contribution in [-0.2, 0) is 28.9 Å². The molecule has 0 saturated carbocycles. The molecule has 3 aromatic heterocycles. The fourth-order valence-corrected chi connectivity index (χ4v) is 5.44. The Balaban J connectivity index is 1.31. The Morgan fingerprint density at radius 2 is 2.30 bits per heavy atom. The smallest absolute Gasteiger partial charge is 0.407 e. The highest BCUT2D eigenvalue weighted by molar-refractivity contribution is 7.16. The van der Waals surface area contributed by atoms with Gasteiger partial charge in [-0.15, -0.1) is 21.5 Å². The number of alkyl carbamates (subject to hydrolysis) is 1. The fourth-order valence-electron chi connectivity index (χ4n) is 3.50. The third-order valence-electron chi connectivity index (χ3n) is 5.09. The summed E-state index contributed by atoms with van der Waals surface area (Å²) in [5.41, 5.74) is 2.46. The Bertz CT molecular complexity index is 1210. The number of anilines is 1. The molecule has 1 aliphatic rings. The van der Waals surface area contributed by atoms with Gasteiger partial charge in [0, 0.05) is 17.9 Å². The van der Waals surface area contributed by atoms with Gasteiger partial charge in [0.1, 0.15) is 11.1 Å². The fraction of sp³-hybridized carbons (Fsp3) is 0.318. The molecule has 1 aliphatic carbocycles. The Hall–Kier alpha value is -3.49. The lowest BCUT2D eigenvalue weighted by atomic mass is 9.88. The molecule has 33 heavy (non-hydrogen) atoms. The molecule has 3 heterocycles. The van der Waals surface area contributed by atoms with Gasteiger partial charge in [-0.3, -0.25) is 4.79 Å². The van der Waals surface area contributed by atoms with Crippen molar-refractivity contribution in [3.63, 3.8) is 0 Å². The predicted molar refractivity (Wildman–Crippen MR) is 124 cm³/mol. The number of thiophene rings is 2. The van der Waals surface area contributed by atoms with Crippen LogP contribution in [0.15, 0.2) is 27.3 Å². The number of nitriles is 1. The first-order valence-corrected chi connectivity index (χ1v) is 12.0. The summed E-state index contributed by atoms with van der Waals surface area (Å²) in [7, 11) is 0. The maximum Gasteiger partial charge on any atom is 0.407 e. The van der Waals surface area contributed by atoms with Crippen LogP contribution in [0.25, 0.3) is 6.08 Å². The summed E-state index contributed by atoms with van der Waals surface area (Å²) in [6.07, 6.45) is 4.83. The zero-order valence-electron chi connectivity index (χ0n) is 17.8. The topological polar surface area (TPSA) is 130 Å². The van der Waals surface area contributed by atoms with E-state index in [9.17, 15) is 14.9 Å². The van der Waals surface area contributed by atoms with Crippen molar-refractivity contribution in [1.29, 1.82) is 5.26 Å². The summed E-state index contributed by atoms with van der Waals surface area (Å²) in [5.74, 6) is 0.611. The predicted octanol–water partition coefficient (Wildman–Crippen LogP) is 4.06. The van der Waals surface area contributed by atoms with Gasteiger partial charge < -0.3 is 19.8 Å². The van der Waals surface area contributed by atoms with E-state index in [0.29, 0.717) is 35.2 Å². The van der Waals surface area contributed by atoms with E-state index in [-0.39, 0.29) is 25.0 Å². The average Bonchev–Trinajstić information content (AvgIpc) is 3.54. The summed E-state index contributed by atoms with van der Waals surface area (Å²) in [6, 6.07) is 4.16. The lowest BCUT2D eigenvalue weighted by molar-refractivity contribution is -0.111. The summed E-state index contributed by atoms with van der Waals surface area (Å²) in [6.45, 7) is 2.04. The van der Waals surface area contributed by atoms with E-state index in [2.05, 4.69) is 26.9 Å². The normalized spacial score (nSPS) is 15.1. The first-order valence-electron chi connectivity index (χ1n) is 10.3. The first kappa shape index (κ1) is 22.7. The zero-order chi connectivity index (χ0) is 23.2. The van der Waals surface area contributed by atoms with Crippen LogP contribution in [0, 0.1) is 24.2 Å².